The van der Waals surface area contributed by atoms with Gasteiger partial charge < -0.3 is 10.4 Å². The predicted molar refractivity (Wildman–Crippen MR) is 49.3 cm³/mol. The zero-order valence-corrected chi connectivity index (χ0v) is 8.27. The molecule has 1 aromatic heterocycles. The fraction of sp³-hybridized carbons (Fsp3) is 0.625. The number of carbonyl (C=O) groups is 1. The van der Waals surface area contributed by atoms with Gasteiger partial charge in [-0.05, 0) is 13.8 Å². The molecule has 0 aliphatic heterocycles. The van der Waals surface area contributed by atoms with Crippen molar-refractivity contribution in [3.8, 4) is 0 Å². The Morgan fingerprint density at radius 1 is 1.64 bits per heavy atom. The van der Waals surface area contributed by atoms with Crippen molar-refractivity contribution in [2.75, 3.05) is 6.54 Å². The third kappa shape index (κ3) is 3.99. The molecular weight excluding hydrogens is 184 g/mol. The van der Waals surface area contributed by atoms with Gasteiger partial charge in [-0.2, -0.15) is 5.10 Å². The molecule has 0 aliphatic rings. The molecule has 1 aromatic rings. The fourth-order valence-electron chi connectivity index (χ4n) is 0.832. The summed E-state index contributed by atoms with van der Waals surface area (Å²) < 4.78 is 1.42. The highest BCUT2D eigenvalue weighted by Gasteiger charge is 2.13. The van der Waals surface area contributed by atoms with Crippen LogP contribution in [0.4, 0.5) is 0 Å². The first-order valence-electron chi connectivity index (χ1n) is 4.29. The second-order valence-corrected chi connectivity index (χ2v) is 3.68. The lowest BCUT2D eigenvalue weighted by atomic mass is 10.1. The lowest BCUT2D eigenvalue weighted by Crippen LogP contribution is -2.39. The molecule has 0 atom stereocenters. The van der Waals surface area contributed by atoms with Crippen LogP contribution in [-0.4, -0.2) is 37.9 Å². The lowest BCUT2D eigenvalue weighted by Gasteiger charge is -2.17. The second-order valence-electron chi connectivity index (χ2n) is 3.68. The van der Waals surface area contributed by atoms with E-state index < -0.39 is 5.60 Å². The molecule has 0 saturated carbocycles. The zero-order chi connectivity index (χ0) is 10.6. The average molecular weight is 198 g/mol. The van der Waals surface area contributed by atoms with Crippen molar-refractivity contribution in [1.29, 1.82) is 0 Å². The third-order valence-electron chi connectivity index (χ3n) is 1.49. The van der Waals surface area contributed by atoms with Crippen LogP contribution in [0.5, 0.6) is 0 Å². The Morgan fingerprint density at radius 2 is 2.36 bits per heavy atom. The number of rotatable bonds is 4. The minimum absolute atomic E-state index is 0.121. The number of carbonyl (C=O) groups excluding carboxylic acids is 1. The molecule has 0 radical (unpaired) electrons. The maximum Gasteiger partial charge on any atom is 0.241 e. The van der Waals surface area contributed by atoms with Crippen LogP contribution < -0.4 is 5.32 Å². The van der Waals surface area contributed by atoms with E-state index in [9.17, 15) is 9.90 Å². The monoisotopic (exact) mass is 198 g/mol. The summed E-state index contributed by atoms with van der Waals surface area (Å²) >= 11 is 0. The minimum atomic E-state index is -0.891. The molecule has 1 heterocycles. The third-order valence-corrected chi connectivity index (χ3v) is 1.49. The highest BCUT2D eigenvalue weighted by Crippen LogP contribution is 1.96. The molecule has 78 valence electrons. The Hall–Kier alpha value is -1.43. The molecule has 6 nitrogen and oxygen atoms in total. The highest BCUT2D eigenvalue weighted by molar-refractivity contribution is 5.75. The van der Waals surface area contributed by atoms with E-state index in [2.05, 4.69) is 15.4 Å². The van der Waals surface area contributed by atoms with Crippen molar-refractivity contribution in [2.45, 2.75) is 26.0 Å². The standard InChI is InChI=1S/C8H14N4O2/c1-8(2,14)4-10-7(13)3-12-6-9-5-11-12/h5-6,14H,3-4H2,1-2H3,(H,10,13). The summed E-state index contributed by atoms with van der Waals surface area (Å²) in [6.07, 6.45) is 2.83. The minimum Gasteiger partial charge on any atom is -0.389 e. The van der Waals surface area contributed by atoms with E-state index in [0.717, 1.165) is 0 Å². The van der Waals surface area contributed by atoms with Crippen LogP contribution in [0, 0.1) is 0 Å². The van der Waals surface area contributed by atoms with Gasteiger partial charge >= 0.3 is 0 Å². The van der Waals surface area contributed by atoms with E-state index in [1.807, 2.05) is 0 Å². The van der Waals surface area contributed by atoms with E-state index >= 15 is 0 Å². The van der Waals surface area contributed by atoms with Crippen molar-refractivity contribution >= 4 is 5.91 Å². The Morgan fingerprint density at radius 3 is 2.86 bits per heavy atom. The first kappa shape index (κ1) is 10.6. The normalized spacial score (nSPS) is 11.4. The van der Waals surface area contributed by atoms with Gasteiger partial charge in [-0.25, -0.2) is 9.67 Å². The number of hydrogen-bond acceptors (Lipinski definition) is 4. The van der Waals surface area contributed by atoms with Crippen molar-refractivity contribution in [3.05, 3.63) is 12.7 Å². The molecule has 14 heavy (non-hydrogen) atoms. The zero-order valence-electron chi connectivity index (χ0n) is 8.27. The second kappa shape index (κ2) is 4.19. The predicted octanol–water partition coefficient (Wildman–Crippen LogP) is -0.835. The van der Waals surface area contributed by atoms with Crippen LogP contribution in [0.3, 0.4) is 0 Å². The SMILES string of the molecule is CC(C)(O)CNC(=O)Cn1cncn1. The van der Waals surface area contributed by atoms with Gasteiger partial charge in [-0.3, -0.25) is 4.79 Å². The maximum absolute atomic E-state index is 11.2. The van der Waals surface area contributed by atoms with Gasteiger partial charge in [-0.15, -0.1) is 0 Å². The largest absolute Gasteiger partial charge is 0.389 e. The smallest absolute Gasteiger partial charge is 0.241 e. The van der Waals surface area contributed by atoms with E-state index in [0.29, 0.717) is 0 Å². The first-order chi connectivity index (χ1) is 6.47. The van der Waals surface area contributed by atoms with E-state index in [4.69, 9.17) is 0 Å². The number of nitrogens with one attached hydrogen (secondary N) is 1. The number of aromatic nitrogens is 3. The van der Waals surface area contributed by atoms with E-state index in [1.165, 1.54) is 17.3 Å². The summed E-state index contributed by atoms with van der Waals surface area (Å²) in [4.78, 5) is 15.0. The highest BCUT2D eigenvalue weighted by atomic mass is 16.3. The Kier molecular flexibility index (Phi) is 3.19. The summed E-state index contributed by atoms with van der Waals surface area (Å²) in [5.41, 5.74) is -0.891. The number of amides is 1. The molecule has 6 heteroatoms. The summed E-state index contributed by atoms with van der Waals surface area (Å²) in [6, 6.07) is 0. The topological polar surface area (TPSA) is 80.0 Å². The van der Waals surface area contributed by atoms with Gasteiger partial charge in [0.15, 0.2) is 0 Å². The number of nitrogens with zero attached hydrogens (tertiary/aromatic N) is 3. The van der Waals surface area contributed by atoms with Crippen LogP contribution in [-0.2, 0) is 11.3 Å². The molecule has 2 N–H and O–H groups in total. The summed E-state index contributed by atoms with van der Waals surface area (Å²) in [5, 5.41) is 15.7. The summed E-state index contributed by atoms with van der Waals surface area (Å²) in [7, 11) is 0. The van der Waals surface area contributed by atoms with Crippen LogP contribution in [0.25, 0.3) is 0 Å². The summed E-state index contributed by atoms with van der Waals surface area (Å²) in [5.74, 6) is -0.197. The number of aliphatic hydroxyl groups is 1. The van der Waals surface area contributed by atoms with Crippen LogP contribution in [0.1, 0.15) is 13.8 Å². The molecule has 0 spiro atoms. The van der Waals surface area contributed by atoms with Gasteiger partial charge in [0.05, 0.1) is 5.60 Å². The molecule has 0 fully saturated rings. The molecular formula is C8H14N4O2. The Labute approximate surface area is 82.0 Å². The molecule has 1 rings (SSSR count). The van der Waals surface area contributed by atoms with E-state index in [-0.39, 0.29) is 19.0 Å². The average Bonchev–Trinajstić information content (AvgIpc) is 2.52. The van der Waals surface area contributed by atoms with Gasteiger partial charge in [0.1, 0.15) is 19.2 Å². The summed E-state index contributed by atoms with van der Waals surface area (Å²) in [6.45, 7) is 3.60. The van der Waals surface area contributed by atoms with Gasteiger partial charge in [0.25, 0.3) is 0 Å². The van der Waals surface area contributed by atoms with E-state index in [1.54, 1.807) is 13.8 Å². The van der Waals surface area contributed by atoms with Crippen LogP contribution in [0.2, 0.25) is 0 Å². The fourth-order valence-corrected chi connectivity index (χ4v) is 0.832. The molecule has 0 aromatic carbocycles. The van der Waals surface area contributed by atoms with Crippen LogP contribution >= 0.6 is 0 Å². The van der Waals surface area contributed by atoms with Gasteiger partial charge in [0.2, 0.25) is 5.91 Å². The lowest BCUT2D eigenvalue weighted by molar-refractivity contribution is -0.122. The molecule has 1 amide bonds. The van der Waals surface area contributed by atoms with Crippen molar-refractivity contribution < 1.29 is 9.90 Å². The van der Waals surface area contributed by atoms with Gasteiger partial charge in [0, 0.05) is 6.54 Å². The van der Waals surface area contributed by atoms with Crippen molar-refractivity contribution in [3.63, 3.8) is 0 Å². The van der Waals surface area contributed by atoms with Gasteiger partial charge in [-0.1, -0.05) is 0 Å². The Balaban J connectivity index is 2.30. The number of hydrogen-bond donors (Lipinski definition) is 2. The quantitative estimate of drug-likeness (QED) is 0.661. The first-order valence-corrected chi connectivity index (χ1v) is 4.29. The van der Waals surface area contributed by atoms with Crippen molar-refractivity contribution in [2.24, 2.45) is 0 Å². The van der Waals surface area contributed by atoms with Crippen LogP contribution in [0.15, 0.2) is 12.7 Å². The maximum atomic E-state index is 11.2. The Bertz CT molecular complexity index is 289. The molecule has 0 bridgehead atoms. The molecule has 0 aliphatic carbocycles. The molecule has 0 unspecified atom stereocenters. The van der Waals surface area contributed by atoms with Crippen molar-refractivity contribution in [1.82, 2.24) is 20.1 Å². The molecule has 0 saturated heterocycles.